The van der Waals surface area contributed by atoms with Crippen molar-refractivity contribution in [3.05, 3.63) is 84.2 Å². The highest BCUT2D eigenvalue weighted by Crippen LogP contribution is 2.18. The fourth-order valence-corrected chi connectivity index (χ4v) is 2.96. The second-order valence-corrected chi connectivity index (χ2v) is 6.29. The summed E-state index contributed by atoms with van der Waals surface area (Å²) in [6, 6.07) is 13.8. The fourth-order valence-electron chi connectivity index (χ4n) is 2.96. The fraction of sp³-hybridized carbons (Fsp3) is 0.0952. The van der Waals surface area contributed by atoms with Gasteiger partial charge in [-0.1, -0.05) is 24.3 Å². The van der Waals surface area contributed by atoms with Gasteiger partial charge < -0.3 is 15.6 Å². The van der Waals surface area contributed by atoms with Gasteiger partial charge >= 0.3 is 0 Å². The number of nitrogens with one attached hydrogen (secondary N) is 3. The van der Waals surface area contributed by atoms with Gasteiger partial charge in [0.1, 0.15) is 17.3 Å². The Morgan fingerprint density at radius 3 is 2.79 bits per heavy atom. The van der Waals surface area contributed by atoms with Crippen molar-refractivity contribution in [1.82, 2.24) is 15.0 Å². The predicted octanol–water partition coefficient (Wildman–Crippen LogP) is 4.00. The number of carbonyl (C=O) groups is 1. The Bertz CT molecular complexity index is 1110. The summed E-state index contributed by atoms with van der Waals surface area (Å²) >= 11 is 0. The van der Waals surface area contributed by atoms with Gasteiger partial charge in [0.2, 0.25) is 0 Å². The first kappa shape index (κ1) is 17.7. The first-order chi connectivity index (χ1) is 13.7. The van der Waals surface area contributed by atoms with Crippen LogP contribution in [0.4, 0.5) is 15.9 Å². The molecule has 4 rings (SSSR count). The third-order valence-corrected chi connectivity index (χ3v) is 4.34. The number of aromatic nitrogens is 3. The van der Waals surface area contributed by atoms with Gasteiger partial charge in [0, 0.05) is 29.3 Å². The Labute approximate surface area is 160 Å². The minimum absolute atomic E-state index is 0.159. The van der Waals surface area contributed by atoms with E-state index in [1.165, 1.54) is 41.5 Å². The Morgan fingerprint density at radius 2 is 1.96 bits per heavy atom. The molecule has 0 fully saturated rings. The molecule has 0 saturated heterocycles. The minimum atomic E-state index is -0.441. The third kappa shape index (κ3) is 3.98. The van der Waals surface area contributed by atoms with E-state index in [1.54, 1.807) is 6.07 Å². The van der Waals surface area contributed by atoms with Gasteiger partial charge in [0.05, 0.1) is 12.4 Å². The molecule has 2 aromatic carbocycles. The van der Waals surface area contributed by atoms with Gasteiger partial charge in [-0.2, -0.15) is 0 Å². The lowest BCUT2D eigenvalue weighted by Gasteiger charge is -2.07. The second-order valence-electron chi connectivity index (χ2n) is 6.29. The average molecular weight is 375 g/mol. The molecule has 140 valence electrons. The number of hydrogen-bond acceptors (Lipinski definition) is 4. The molecule has 2 heterocycles. The lowest BCUT2D eigenvalue weighted by molar-refractivity contribution is 0.102. The summed E-state index contributed by atoms with van der Waals surface area (Å²) in [5.41, 5.74) is 2.87. The Morgan fingerprint density at radius 1 is 1.07 bits per heavy atom. The van der Waals surface area contributed by atoms with Gasteiger partial charge in [-0.05, 0) is 36.2 Å². The lowest BCUT2D eigenvalue weighted by Crippen LogP contribution is -2.15. The maximum absolute atomic E-state index is 13.2. The number of fused-ring (bicyclic) bond motifs is 1. The van der Waals surface area contributed by atoms with Crippen LogP contribution in [0.2, 0.25) is 0 Å². The largest absolute Gasteiger partial charge is 0.368 e. The van der Waals surface area contributed by atoms with Crippen molar-refractivity contribution in [3.8, 4) is 0 Å². The van der Waals surface area contributed by atoms with Gasteiger partial charge in [-0.15, -0.1) is 0 Å². The highest BCUT2D eigenvalue weighted by molar-refractivity contribution is 6.02. The molecule has 0 atom stereocenters. The molecule has 6 nitrogen and oxygen atoms in total. The molecule has 0 aliphatic carbocycles. The topological polar surface area (TPSA) is 82.7 Å². The molecule has 0 spiro atoms. The Balaban J connectivity index is 1.33. The van der Waals surface area contributed by atoms with Crippen LogP contribution in [-0.2, 0) is 6.42 Å². The monoisotopic (exact) mass is 375 g/mol. The van der Waals surface area contributed by atoms with E-state index in [0.717, 1.165) is 11.9 Å². The number of halogens is 1. The van der Waals surface area contributed by atoms with Crippen molar-refractivity contribution in [2.45, 2.75) is 6.42 Å². The van der Waals surface area contributed by atoms with Crippen LogP contribution in [0.5, 0.6) is 0 Å². The number of amides is 1. The van der Waals surface area contributed by atoms with Gasteiger partial charge in [-0.3, -0.25) is 4.79 Å². The summed E-state index contributed by atoms with van der Waals surface area (Å²) in [6.07, 6.45) is 5.74. The number of para-hydroxylation sites is 1. The number of aromatic amines is 1. The normalized spacial score (nSPS) is 10.8. The van der Waals surface area contributed by atoms with E-state index in [2.05, 4.69) is 31.7 Å². The summed E-state index contributed by atoms with van der Waals surface area (Å²) in [6.45, 7) is 0.686. The smallest absolute Gasteiger partial charge is 0.275 e. The summed E-state index contributed by atoms with van der Waals surface area (Å²) in [7, 11) is 0. The van der Waals surface area contributed by atoms with Crippen molar-refractivity contribution in [2.75, 3.05) is 17.2 Å². The Kier molecular flexibility index (Phi) is 4.97. The van der Waals surface area contributed by atoms with Crippen LogP contribution in [0.15, 0.2) is 67.1 Å². The van der Waals surface area contributed by atoms with Crippen molar-refractivity contribution in [1.29, 1.82) is 0 Å². The third-order valence-electron chi connectivity index (χ3n) is 4.34. The maximum atomic E-state index is 13.2. The summed E-state index contributed by atoms with van der Waals surface area (Å²) in [5, 5.41) is 7.00. The molecule has 0 saturated carbocycles. The lowest BCUT2D eigenvalue weighted by atomic mass is 10.1. The number of nitrogens with zero attached hydrogens (tertiary/aromatic N) is 2. The zero-order chi connectivity index (χ0) is 19.3. The molecular weight excluding hydrogens is 357 g/mol. The van der Waals surface area contributed by atoms with Crippen molar-refractivity contribution in [3.63, 3.8) is 0 Å². The molecule has 2 aromatic heterocycles. The van der Waals surface area contributed by atoms with E-state index < -0.39 is 11.7 Å². The quantitative estimate of drug-likeness (QED) is 0.476. The average Bonchev–Trinajstić information content (AvgIpc) is 3.12. The molecule has 0 aliphatic rings. The van der Waals surface area contributed by atoms with Crippen molar-refractivity contribution < 1.29 is 9.18 Å². The van der Waals surface area contributed by atoms with Crippen LogP contribution < -0.4 is 10.6 Å². The first-order valence-electron chi connectivity index (χ1n) is 8.87. The van der Waals surface area contributed by atoms with E-state index in [0.29, 0.717) is 18.1 Å². The Hall–Kier alpha value is -3.74. The molecule has 28 heavy (non-hydrogen) atoms. The van der Waals surface area contributed by atoms with Crippen LogP contribution in [0.1, 0.15) is 16.1 Å². The molecule has 3 N–H and O–H groups in total. The SMILES string of the molecule is O=C(Nc1cccc(F)c1)c1cnc(NCCc2c[nH]c3ccccc23)cn1. The summed E-state index contributed by atoms with van der Waals surface area (Å²) in [5.74, 6) is -0.274. The molecular formula is C21H18FN5O. The highest BCUT2D eigenvalue weighted by Gasteiger charge is 2.09. The molecule has 1 amide bonds. The summed E-state index contributed by atoms with van der Waals surface area (Å²) in [4.78, 5) is 23.8. The molecule has 0 aliphatic heterocycles. The maximum Gasteiger partial charge on any atom is 0.275 e. The van der Waals surface area contributed by atoms with Crippen LogP contribution in [0, 0.1) is 5.82 Å². The highest BCUT2D eigenvalue weighted by atomic mass is 19.1. The van der Waals surface area contributed by atoms with E-state index in [-0.39, 0.29) is 5.69 Å². The zero-order valence-electron chi connectivity index (χ0n) is 14.9. The van der Waals surface area contributed by atoms with Gasteiger partial charge in [-0.25, -0.2) is 14.4 Å². The van der Waals surface area contributed by atoms with Crippen molar-refractivity contribution >= 4 is 28.3 Å². The number of hydrogen-bond donors (Lipinski definition) is 3. The molecule has 4 aromatic rings. The zero-order valence-corrected chi connectivity index (χ0v) is 14.9. The van der Waals surface area contributed by atoms with E-state index in [4.69, 9.17) is 0 Å². The van der Waals surface area contributed by atoms with E-state index >= 15 is 0 Å². The molecule has 0 bridgehead atoms. The number of benzene rings is 2. The van der Waals surface area contributed by atoms with E-state index in [1.807, 2.05) is 24.4 Å². The minimum Gasteiger partial charge on any atom is -0.368 e. The molecule has 7 heteroatoms. The van der Waals surface area contributed by atoms with Crippen LogP contribution in [0.3, 0.4) is 0 Å². The summed E-state index contributed by atoms with van der Waals surface area (Å²) < 4.78 is 13.2. The number of rotatable bonds is 6. The van der Waals surface area contributed by atoms with Gasteiger partial charge in [0.15, 0.2) is 0 Å². The predicted molar refractivity (Wildman–Crippen MR) is 107 cm³/mol. The van der Waals surface area contributed by atoms with Crippen LogP contribution >= 0.6 is 0 Å². The van der Waals surface area contributed by atoms with Gasteiger partial charge in [0.25, 0.3) is 5.91 Å². The number of anilines is 2. The van der Waals surface area contributed by atoms with Crippen LogP contribution in [0.25, 0.3) is 10.9 Å². The standard InChI is InChI=1S/C21H18FN5O/c22-15-4-3-5-16(10-15)27-21(28)19-12-26-20(13-25-19)23-9-8-14-11-24-18-7-2-1-6-17(14)18/h1-7,10-13,24H,8-9H2,(H,23,26)(H,27,28). The first-order valence-corrected chi connectivity index (χ1v) is 8.87. The van der Waals surface area contributed by atoms with Crippen molar-refractivity contribution in [2.24, 2.45) is 0 Å². The van der Waals surface area contributed by atoms with Crippen LogP contribution in [-0.4, -0.2) is 27.4 Å². The molecule has 0 radical (unpaired) electrons. The molecule has 0 unspecified atom stereocenters. The second kappa shape index (κ2) is 7.87. The van der Waals surface area contributed by atoms with E-state index in [9.17, 15) is 9.18 Å². The number of H-pyrrole nitrogens is 1. The number of carbonyl (C=O) groups excluding carboxylic acids is 1.